The first-order chi connectivity index (χ1) is 13.2. The molecule has 0 bridgehead atoms. The van der Waals surface area contributed by atoms with E-state index < -0.39 is 0 Å². The number of anilines is 1. The molecule has 0 fully saturated rings. The fourth-order valence-electron chi connectivity index (χ4n) is 3.08. The Hall–Kier alpha value is -2.38. The highest BCUT2D eigenvalue weighted by Crippen LogP contribution is 2.30. The van der Waals surface area contributed by atoms with Crippen LogP contribution in [0.5, 0.6) is 5.88 Å². The maximum atomic E-state index is 6.03. The first-order valence-electron chi connectivity index (χ1n) is 9.02. The quantitative estimate of drug-likeness (QED) is 0.591. The topological polar surface area (TPSA) is 64.0 Å². The molecule has 0 radical (unpaired) electrons. The lowest BCUT2D eigenvalue weighted by Gasteiger charge is -2.27. The number of ether oxygens (including phenoxy) is 1. The molecule has 1 aromatic carbocycles. The maximum Gasteiger partial charge on any atom is 0.237 e. The Morgan fingerprint density at radius 3 is 2.89 bits per heavy atom. The molecule has 0 aliphatic carbocycles. The highest BCUT2D eigenvalue weighted by molar-refractivity contribution is 9.10. The SMILES string of the molecule is Cn1cc(-c2cnc3c(c2)NCC(CNCCc2ccc(Br)cc2)O3)cn1. The van der Waals surface area contributed by atoms with E-state index in [-0.39, 0.29) is 6.10 Å². The Balaban J connectivity index is 1.29. The molecule has 3 aromatic rings. The van der Waals surface area contributed by atoms with Crippen LogP contribution in [-0.4, -0.2) is 40.5 Å². The zero-order valence-corrected chi connectivity index (χ0v) is 16.7. The van der Waals surface area contributed by atoms with Crippen molar-refractivity contribution in [2.45, 2.75) is 12.5 Å². The van der Waals surface area contributed by atoms with E-state index in [1.54, 1.807) is 4.68 Å². The number of aryl methyl sites for hydroxylation is 1. The fraction of sp³-hybridized carbons (Fsp3) is 0.300. The van der Waals surface area contributed by atoms with Crippen molar-refractivity contribution in [2.75, 3.05) is 25.0 Å². The number of rotatable bonds is 6. The Morgan fingerprint density at radius 1 is 1.26 bits per heavy atom. The Labute approximate surface area is 167 Å². The lowest BCUT2D eigenvalue weighted by molar-refractivity contribution is 0.194. The average molecular weight is 428 g/mol. The molecule has 27 heavy (non-hydrogen) atoms. The van der Waals surface area contributed by atoms with Crippen molar-refractivity contribution < 1.29 is 4.74 Å². The van der Waals surface area contributed by atoms with E-state index in [1.807, 2.05) is 25.6 Å². The van der Waals surface area contributed by atoms with Gasteiger partial charge in [-0.15, -0.1) is 0 Å². The predicted molar refractivity (Wildman–Crippen MR) is 110 cm³/mol. The van der Waals surface area contributed by atoms with Crippen molar-refractivity contribution in [3.63, 3.8) is 0 Å². The third kappa shape index (κ3) is 4.48. The van der Waals surface area contributed by atoms with Gasteiger partial charge in [-0.25, -0.2) is 4.98 Å². The van der Waals surface area contributed by atoms with E-state index in [9.17, 15) is 0 Å². The summed E-state index contributed by atoms with van der Waals surface area (Å²) in [6.07, 6.45) is 6.72. The molecule has 1 atom stereocenters. The third-order valence-corrected chi connectivity index (χ3v) is 5.09. The van der Waals surface area contributed by atoms with Crippen molar-refractivity contribution in [3.05, 3.63) is 59.0 Å². The molecule has 4 rings (SSSR count). The smallest absolute Gasteiger partial charge is 0.237 e. The second kappa shape index (κ2) is 8.10. The Morgan fingerprint density at radius 2 is 2.11 bits per heavy atom. The van der Waals surface area contributed by atoms with E-state index in [4.69, 9.17) is 4.74 Å². The molecule has 3 heterocycles. The highest BCUT2D eigenvalue weighted by atomic mass is 79.9. The van der Waals surface area contributed by atoms with Gasteiger partial charge in [0.05, 0.1) is 18.4 Å². The summed E-state index contributed by atoms with van der Waals surface area (Å²) in [7, 11) is 1.91. The molecule has 0 saturated carbocycles. The van der Waals surface area contributed by atoms with Gasteiger partial charge in [0.1, 0.15) is 6.10 Å². The molecule has 1 unspecified atom stereocenters. The molecule has 1 aliphatic rings. The van der Waals surface area contributed by atoms with Crippen LogP contribution < -0.4 is 15.4 Å². The summed E-state index contributed by atoms with van der Waals surface area (Å²) in [5, 5.41) is 11.1. The molecule has 140 valence electrons. The van der Waals surface area contributed by atoms with Crippen LogP contribution in [0.25, 0.3) is 11.1 Å². The van der Waals surface area contributed by atoms with E-state index in [0.29, 0.717) is 5.88 Å². The number of hydrogen-bond donors (Lipinski definition) is 2. The normalized spacial score (nSPS) is 15.7. The van der Waals surface area contributed by atoms with Crippen LogP contribution in [0.1, 0.15) is 5.56 Å². The van der Waals surface area contributed by atoms with Crippen molar-refractivity contribution in [3.8, 4) is 17.0 Å². The largest absolute Gasteiger partial charge is 0.470 e. The standard InChI is InChI=1S/C20H22BrN5O/c1-26-13-16(10-25-26)15-8-19-20(24-9-15)27-18(12-23-19)11-22-7-6-14-2-4-17(21)5-3-14/h2-5,8-10,13,18,22-23H,6-7,11-12H2,1H3. The summed E-state index contributed by atoms with van der Waals surface area (Å²) in [6.45, 7) is 2.47. The van der Waals surface area contributed by atoms with Crippen molar-refractivity contribution in [2.24, 2.45) is 7.05 Å². The van der Waals surface area contributed by atoms with Crippen LogP contribution in [0, 0.1) is 0 Å². The van der Waals surface area contributed by atoms with Gasteiger partial charge in [0.2, 0.25) is 5.88 Å². The zero-order chi connectivity index (χ0) is 18.6. The minimum Gasteiger partial charge on any atom is -0.470 e. The number of nitrogens with one attached hydrogen (secondary N) is 2. The average Bonchev–Trinajstić information content (AvgIpc) is 3.12. The first kappa shape index (κ1) is 18.0. The number of halogens is 1. The highest BCUT2D eigenvalue weighted by Gasteiger charge is 2.20. The van der Waals surface area contributed by atoms with Crippen molar-refractivity contribution in [1.29, 1.82) is 0 Å². The summed E-state index contributed by atoms with van der Waals surface area (Å²) in [5.41, 5.74) is 4.33. The van der Waals surface area contributed by atoms with E-state index >= 15 is 0 Å². The number of fused-ring (bicyclic) bond motifs is 1. The van der Waals surface area contributed by atoms with Crippen LogP contribution in [0.4, 0.5) is 5.69 Å². The van der Waals surface area contributed by atoms with Crippen molar-refractivity contribution >= 4 is 21.6 Å². The monoisotopic (exact) mass is 427 g/mol. The minimum absolute atomic E-state index is 0.0687. The van der Waals surface area contributed by atoms with E-state index in [2.05, 4.69) is 67.0 Å². The molecule has 1 aliphatic heterocycles. The summed E-state index contributed by atoms with van der Waals surface area (Å²) in [5.74, 6) is 0.661. The zero-order valence-electron chi connectivity index (χ0n) is 15.2. The molecule has 2 N–H and O–H groups in total. The number of pyridine rings is 1. The fourth-order valence-corrected chi connectivity index (χ4v) is 3.35. The van der Waals surface area contributed by atoms with Gasteiger partial charge in [-0.1, -0.05) is 28.1 Å². The minimum atomic E-state index is 0.0687. The Kier molecular flexibility index (Phi) is 5.40. The van der Waals surface area contributed by atoms with Crippen LogP contribution in [0.2, 0.25) is 0 Å². The van der Waals surface area contributed by atoms with Crippen LogP contribution >= 0.6 is 15.9 Å². The van der Waals surface area contributed by atoms with Crippen molar-refractivity contribution in [1.82, 2.24) is 20.1 Å². The van der Waals surface area contributed by atoms with Gasteiger partial charge in [0, 0.05) is 41.6 Å². The number of hydrogen-bond acceptors (Lipinski definition) is 5. The van der Waals surface area contributed by atoms with Gasteiger partial charge < -0.3 is 15.4 Å². The van der Waals surface area contributed by atoms with Gasteiger partial charge >= 0.3 is 0 Å². The predicted octanol–water partition coefficient (Wildman–Crippen LogP) is 3.25. The maximum absolute atomic E-state index is 6.03. The molecular weight excluding hydrogens is 406 g/mol. The first-order valence-corrected chi connectivity index (χ1v) is 9.81. The van der Waals surface area contributed by atoms with Crippen LogP contribution in [0.3, 0.4) is 0 Å². The number of benzene rings is 1. The Bertz CT molecular complexity index is 909. The summed E-state index contributed by atoms with van der Waals surface area (Å²) >= 11 is 3.46. The van der Waals surface area contributed by atoms with E-state index in [0.717, 1.165) is 47.3 Å². The van der Waals surface area contributed by atoms with Gasteiger partial charge in [-0.3, -0.25) is 4.68 Å². The van der Waals surface area contributed by atoms with Gasteiger partial charge in [0.15, 0.2) is 0 Å². The molecule has 0 saturated heterocycles. The molecule has 6 nitrogen and oxygen atoms in total. The number of nitrogens with zero attached hydrogens (tertiary/aromatic N) is 3. The van der Waals surface area contributed by atoms with Gasteiger partial charge in [-0.05, 0) is 36.7 Å². The molecular formula is C20H22BrN5O. The second-order valence-corrected chi connectivity index (χ2v) is 7.60. The summed E-state index contributed by atoms with van der Waals surface area (Å²) in [6, 6.07) is 10.5. The summed E-state index contributed by atoms with van der Waals surface area (Å²) in [4.78, 5) is 4.49. The molecule has 0 spiro atoms. The van der Waals surface area contributed by atoms with Crippen LogP contribution in [0.15, 0.2) is 53.4 Å². The summed E-state index contributed by atoms with van der Waals surface area (Å²) < 4.78 is 8.93. The third-order valence-electron chi connectivity index (χ3n) is 4.56. The lowest BCUT2D eigenvalue weighted by atomic mass is 10.1. The lowest BCUT2D eigenvalue weighted by Crippen LogP contribution is -2.40. The molecule has 2 aromatic heterocycles. The van der Waals surface area contributed by atoms with E-state index in [1.165, 1.54) is 5.56 Å². The second-order valence-electron chi connectivity index (χ2n) is 6.68. The van der Waals surface area contributed by atoms with Crippen LogP contribution in [-0.2, 0) is 13.5 Å². The van der Waals surface area contributed by atoms with Gasteiger partial charge in [-0.2, -0.15) is 5.10 Å². The van der Waals surface area contributed by atoms with Gasteiger partial charge in [0.25, 0.3) is 0 Å². The molecule has 0 amide bonds. The molecule has 7 heteroatoms. The number of aromatic nitrogens is 3.